The minimum absolute atomic E-state index is 0.528. The summed E-state index contributed by atoms with van der Waals surface area (Å²) in [5.74, 6) is 0. The van der Waals surface area contributed by atoms with Crippen LogP contribution in [0.3, 0.4) is 0 Å². The second-order valence-corrected chi connectivity index (χ2v) is 2.67. The summed E-state index contributed by atoms with van der Waals surface area (Å²) in [6, 6.07) is 7.78. The van der Waals surface area contributed by atoms with Crippen molar-refractivity contribution in [1.82, 2.24) is 0 Å². The molecule has 3 heteroatoms. The fourth-order valence-electron chi connectivity index (χ4n) is 1.00. The van der Waals surface area contributed by atoms with Gasteiger partial charge >= 0.3 is 0 Å². The fraction of sp³-hybridized carbons (Fsp3) is 0.222. The SMILES string of the molecule is CN=C(Cl)c1ccccc1NC. The van der Waals surface area contributed by atoms with Gasteiger partial charge < -0.3 is 5.32 Å². The first-order chi connectivity index (χ1) is 5.79. The summed E-state index contributed by atoms with van der Waals surface area (Å²) in [6.45, 7) is 0. The Balaban J connectivity index is 3.13. The smallest absolute Gasteiger partial charge is 0.132 e. The summed E-state index contributed by atoms with van der Waals surface area (Å²) in [5, 5.41) is 3.57. The van der Waals surface area contributed by atoms with Crippen LogP contribution in [0, 0.1) is 0 Å². The van der Waals surface area contributed by atoms with E-state index in [0.717, 1.165) is 11.3 Å². The number of rotatable bonds is 2. The van der Waals surface area contributed by atoms with Crippen LogP contribution < -0.4 is 5.32 Å². The van der Waals surface area contributed by atoms with Gasteiger partial charge in [-0.2, -0.15) is 0 Å². The molecule has 1 aromatic carbocycles. The first-order valence-corrected chi connectivity index (χ1v) is 4.07. The number of hydrogen-bond donors (Lipinski definition) is 1. The lowest BCUT2D eigenvalue weighted by molar-refractivity contribution is 1.43. The molecule has 0 atom stereocenters. The molecule has 64 valence electrons. The zero-order valence-electron chi connectivity index (χ0n) is 7.13. The van der Waals surface area contributed by atoms with E-state index in [2.05, 4.69) is 10.3 Å². The Morgan fingerprint density at radius 1 is 1.42 bits per heavy atom. The molecule has 0 radical (unpaired) electrons. The van der Waals surface area contributed by atoms with Gasteiger partial charge in [0.25, 0.3) is 0 Å². The van der Waals surface area contributed by atoms with Gasteiger partial charge in [-0.05, 0) is 12.1 Å². The molecule has 0 bridgehead atoms. The second kappa shape index (κ2) is 4.12. The molecule has 1 rings (SSSR count). The third-order valence-corrected chi connectivity index (χ3v) is 1.99. The number of halogens is 1. The maximum absolute atomic E-state index is 5.88. The van der Waals surface area contributed by atoms with Gasteiger partial charge in [0.05, 0.1) is 0 Å². The van der Waals surface area contributed by atoms with Crippen LogP contribution in [0.25, 0.3) is 0 Å². The minimum Gasteiger partial charge on any atom is -0.388 e. The molecule has 0 aliphatic heterocycles. The predicted octanol–water partition coefficient (Wildman–Crippen LogP) is 2.34. The number of nitrogens with zero attached hydrogens (tertiary/aromatic N) is 1. The summed E-state index contributed by atoms with van der Waals surface area (Å²) in [7, 11) is 3.54. The third-order valence-electron chi connectivity index (χ3n) is 1.61. The molecule has 2 nitrogen and oxygen atoms in total. The molecule has 1 N–H and O–H groups in total. The van der Waals surface area contributed by atoms with Crippen LogP contribution in [0.1, 0.15) is 5.56 Å². The number of hydrogen-bond acceptors (Lipinski definition) is 2. The molecule has 0 fully saturated rings. The maximum atomic E-state index is 5.88. The van der Waals surface area contributed by atoms with Crippen LogP contribution in [0.2, 0.25) is 0 Å². The van der Waals surface area contributed by atoms with E-state index in [1.807, 2.05) is 31.3 Å². The minimum atomic E-state index is 0.528. The number of nitrogens with one attached hydrogen (secondary N) is 1. The van der Waals surface area contributed by atoms with Crippen molar-refractivity contribution in [3.63, 3.8) is 0 Å². The van der Waals surface area contributed by atoms with Gasteiger partial charge in [-0.3, -0.25) is 4.99 Å². The first kappa shape index (κ1) is 9.07. The van der Waals surface area contributed by atoms with E-state index in [-0.39, 0.29) is 0 Å². The lowest BCUT2D eigenvalue weighted by Crippen LogP contribution is -1.98. The number of anilines is 1. The van der Waals surface area contributed by atoms with Crippen molar-refractivity contribution < 1.29 is 0 Å². The van der Waals surface area contributed by atoms with Gasteiger partial charge in [-0.15, -0.1) is 0 Å². The molecule has 1 aromatic rings. The Bertz CT molecular complexity index is 294. The molecule has 0 amide bonds. The quantitative estimate of drug-likeness (QED) is 0.698. The van der Waals surface area contributed by atoms with Crippen LogP contribution in [-0.2, 0) is 0 Å². The highest BCUT2D eigenvalue weighted by Crippen LogP contribution is 2.16. The van der Waals surface area contributed by atoms with E-state index in [1.165, 1.54) is 0 Å². The second-order valence-electron chi connectivity index (χ2n) is 2.31. The number of aliphatic imine (C=N–C) groups is 1. The van der Waals surface area contributed by atoms with Crippen LogP contribution in [0.15, 0.2) is 29.3 Å². The number of para-hydroxylation sites is 1. The Labute approximate surface area is 77.3 Å². The number of benzene rings is 1. The average Bonchev–Trinajstić information content (AvgIpc) is 2.16. The molecule has 0 heterocycles. The van der Waals surface area contributed by atoms with Crippen molar-refractivity contribution >= 4 is 22.5 Å². The summed E-state index contributed by atoms with van der Waals surface area (Å²) < 4.78 is 0. The average molecular weight is 183 g/mol. The Kier molecular flexibility index (Phi) is 3.11. The zero-order chi connectivity index (χ0) is 8.97. The molecule has 0 unspecified atom stereocenters. The maximum Gasteiger partial charge on any atom is 0.132 e. The van der Waals surface area contributed by atoms with Gasteiger partial charge in [0.2, 0.25) is 0 Å². The van der Waals surface area contributed by atoms with Crippen molar-refractivity contribution in [2.45, 2.75) is 0 Å². The normalized spacial score (nSPS) is 11.4. The first-order valence-electron chi connectivity index (χ1n) is 3.69. The van der Waals surface area contributed by atoms with Gasteiger partial charge in [-0.1, -0.05) is 23.7 Å². The zero-order valence-corrected chi connectivity index (χ0v) is 7.89. The van der Waals surface area contributed by atoms with Gasteiger partial charge in [0, 0.05) is 25.3 Å². The van der Waals surface area contributed by atoms with E-state index >= 15 is 0 Å². The predicted molar refractivity (Wildman–Crippen MR) is 54.3 cm³/mol. The summed E-state index contributed by atoms with van der Waals surface area (Å²) >= 11 is 5.88. The molecule has 0 aromatic heterocycles. The molecule has 0 saturated carbocycles. The molecule has 12 heavy (non-hydrogen) atoms. The van der Waals surface area contributed by atoms with Gasteiger partial charge in [0.1, 0.15) is 5.17 Å². The Morgan fingerprint density at radius 3 is 2.67 bits per heavy atom. The van der Waals surface area contributed by atoms with E-state index < -0.39 is 0 Å². The topological polar surface area (TPSA) is 24.4 Å². The van der Waals surface area contributed by atoms with Crippen LogP contribution in [0.4, 0.5) is 5.69 Å². The van der Waals surface area contributed by atoms with E-state index in [9.17, 15) is 0 Å². The van der Waals surface area contributed by atoms with Crippen molar-refractivity contribution in [3.05, 3.63) is 29.8 Å². The largest absolute Gasteiger partial charge is 0.388 e. The van der Waals surface area contributed by atoms with Gasteiger partial charge in [-0.25, -0.2) is 0 Å². The highest BCUT2D eigenvalue weighted by atomic mass is 35.5. The van der Waals surface area contributed by atoms with E-state index in [1.54, 1.807) is 7.05 Å². The highest BCUT2D eigenvalue weighted by molar-refractivity contribution is 6.70. The van der Waals surface area contributed by atoms with Gasteiger partial charge in [0.15, 0.2) is 0 Å². The lowest BCUT2D eigenvalue weighted by Gasteiger charge is -2.05. The molecule has 0 aliphatic rings. The standard InChI is InChI=1S/C9H11ClN2/c1-11-8-6-4-3-5-7(8)9(10)12-2/h3-6,11H,1-2H3. The van der Waals surface area contributed by atoms with Crippen molar-refractivity contribution in [2.24, 2.45) is 4.99 Å². The molecule has 0 aliphatic carbocycles. The monoisotopic (exact) mass is 182 g/mol. The highest BCUT2D eigenvalue weighted by Gasteiger charge is 2.02. The van der Waals surface area contributed by atoms with E-state index in [4.69, 9.17) is 11.6 Å². The Morgan fingerprint density at radius 2 is 2.08 bits per heavy atom. The molecule has 0 spiro atoms. The molecular formula is C9H11ClN2. The lowest BCUT2D eigenvalue weighted by atomic mass is 10.2. The van der Waals surface area contributed by atoms with Crippen LogP contribution in [-0.4, -0.2) is 19.3 Å². The fourth-order valence-corrected chi connectivity index (χ4v) is 1.17. The summed E-state index contributed by atoms with van der Waals surface area (Å²) in [4.78, 5) is 3.91. The Hall–Kier alpha value is -1.02. The third kappa shape index (κ3) is 1.77. The van der Waals surface area contributed by atoms with Crippen LogP contribution >= 0.6 is 11.6 Å². The van der Waals surface area contributed by atoms with Crippen molar-refractivity contribution in [2.75, 3.05) is 19.4 Å². The summed E-state index contributed by atoms with van der Waals surface area (Å²) in [6.07, 6.45) is 0. The van der Waals surface area contributed by atoms with E-state index in [0.29, 0.717) is 5.17 Å². The molecular weight excluding hydrogens is 172 g/mol. The summed E-state index contributed by atoms with van der Waals surface area (Å²) in [5.41, 5.74) is 1.93. The molecule has 0 saturated heterocycles. The van der Waals surface area contributed by atoms with Crippen molar-refractivity contribution in [1.29, 1.82) is 0 Å². The van der Waals surface area contributed by atoms with Crippen LogP contribution in [0.5, 0.6) is 0 Å². The van der Waals surface area contributed by atoms with Crippen molar-refractivity contribution in [3.8, 4) is 0 Å².